The average molecular weight is 410 g/mol. The maximum atomic E-state index is 12.2. The van der Waals surface area contributed by atoms with Gasteiger partial charge in [0.05, 0.1) is 5.69 Å². The van der Waals surface area contributed by atoms with Crippen molar-refractivity contribution < 1.29 is 19.4 Å². The molecule has 1 heterocycles. The minimum atomic E-state index is -1.04. The number of ether oxygens (including phenoxy) is 1. The lowest BCUT2D eigenvalue weighted by Crippen LogP contribution is -2.45. The molecule has 2 aromatic carbocycles. The Kier molecular flexibility index (Phi) is 5.95. The Morgan fingerprint density at radius 1 is 1.10 bits per heavy atom. The molecule has 0 atom stereocenters. The zero-order valence-corrected chi connectivity index (χ0v) is 16.8. The van der Waals surface area contributed by atoms with Gasteiger partial charge in [0, 0.05) is 16.9 Å². The second-order valence-corrected chi connectivity index (χ2v) is 7.42. The van der Waals surface area contributed by atoms with Crippen molar-refractivity contribution in [3.63, 3.8) is 0 Å². The molecule has 1 aromatic heterocycles. The Labute approximate surface area is 173 Å². The van der Waals surface area contributed by atoms with Crippen LogP contribution in [0, 0.1) is 0 Å². The van der Waals surface area contributed by atoms with Gasteiger partial charge in [-0.05, 0) is 79.7 Å². The van der Waals surface area contributed by atoms with Gasteiger partial charge in [-0.2, -0.15) is 0 Å². The van der Waals surface area contributed by atoms with Crippen molar-refractivity contribution in [2.75, 3.05) is 16.8 Å². The van der Waals surface area contributed by atoms with Crippen LogP contribution < -0.4 is 15.0 Å². The number of amides is 2. The topological polar surface area (TPSA) is 122 Å². The van der Waals surface area contributed by atoms with Crippen LogP contribution in [0.1, 0.15) is 20.8 Å². The van der Waals surface area contributed by atoms with Crippen LogP contribution in [0.15, 0.2) is 54.9 Å². The maximum Gasteiger partial charge on any atom is 0.412 e. The van der Waals surface area contributed by atoms with Crippen LogP contribution in [0.4, 0.5) is 16.2 Å². The van der Waals surface area contributed by atoms with Crippen LogP contribution in [0.2, 0.25) is 0 Å². The number of nitrogens with zero attached hydrogens (tertiary/aromatic N) is 5. The number of tetrazole rings is 1. The van der Waals surface area contributed by atoms with Crippen LogP contribution in [0.25, 0.3) is 5.69 Å². The number of benzene rings is 2. The quantitative estimate of drug-likeness (QED) is 0.640. The van der Waals surface area contributed by atoms with Gasteiger partial charge in [-0.1, -0.05) is 0 Å². The Bertz CT molecular complexity index is 995. The third-order valence-corrected chi connectivity index (χ3v) is 4.09. The summed E-state index contributed by atoms with van der Waals surface area (Å²) in [4.78, 5) is 25.0. The van der Waals surface area contributed by atoms with E-state index in [1.165, 1.54) is 15.9 Å². The number of carbonyl (C=O) groups is 2. The summed E-state index contributed by atoms with van der Waals surface area (Å²) in [6, 6.07) is 13.6. The number of hydrogen-bond acceptors (Lipinski definition) is 6. The first-order chi connectivity index (χ1) is 14.2. The van der Waals surface area contributed by atoms with Crippen molar-refractivity contribution in [1.82, 2.24) is 20.2 Å². The molecule has 0 aliphatic rings. The van der Waals surface area contributed by atoms with E-state index in [-0.39, 0.29) is 12.5 Å². The van der Waals surface area contributed by atoms with Gasteiger partial charge in [-0.3, -0.25) is 9.69 Å². The summed E-state index contributed by atoms with van der Waals surface area (Å²) < 4.78 is 7.00. The predicted octanol–water partition coefficient (Wildman–Crippen LogP) is 2.96. The van der Waals surface area contributed by atoms with E-state index in [4.69, 9.17) is 4.74 Å². The number of hydrogen-bond donors (Lipinski definition) is 2. The Morgan fingerprint density at radius 3 is 2.30 bits per heavy atom. The van der Waals surface area contributed by atoms with Crippen molar-refractivity contribution in [2.24, 2.45) is 0 Å². The van der Waals surface area contributed by atoms with Crippen molar-refractivity contribution >= 4 is 23.4 Å². The molecule has 10 heteroatoms. The molecule has 3 rings (SSSR count). The Hall–Kier alpha value is -3.95. The first-order valence-electron chi connectivity index (χ1n) is 9.13. The van der Waals surface area contributed by atoms with E-state index in [1.807, 2.05) is 20.8 Å². The first-order valence-corrected chi connectivity index (χ1v) is 9.13. The van der Waals surface area contributed by atoms with Crippen LogP contribution in [-0.2, 0) is 4.79 Å². The minimum Gasteiger partial charge on any atom is -0.484 e. The maximum absolute atomic E-state index is 12.2. The third-order valence-electron chi connectivity index (χ3n) is 4.09. The molecule has 0 saturated heterocycles. The summed E-state index contributed by atoms with van der Waals surface area (Å²) in [6.45, 7) is 5.26. The van der Waals surface area contributed by atoms with Gasteiger partial charge in [0.15, 0.2) is 6.61 Å². The van der Waals surface area contributed by atoms with Crippen molar-refractivity contribution in [3.8, 4) is 11.4 Å². The highest BCUT2D eigenvalue weighted by Crippen LogP contribution is 2.25. The molecule has 0 spiro atoms. The molecule has 0 fully saturated rings. The summed E-state index contributed by atoms with van der Waals surface area (Å²) in [5.41, 5.74) is 1.24. The molecular formula is C20H22N6O4. The monoisotopic (exact) mass is 410 g/mol. The van der Waals surface area contributed by atoms with Crippen LogP contribution in [0.5, 0.6) is 5.75 Å². The van der Waals surface area contributed by atoms with E-state index in [2.05, 4.69) is 20.8 Å². The van der Waals surface area contributed by atoms with Gasteiger partial charge >= 0.3 is 6.09 Å². The highest BCUT2D eigenvalue weighted by atomic mass is 16.5. The predicted molar refractivity (Wildman–Crippen MR) is 110 cm³/mol. The zero-order chi connectivity index (χ0) is 21.7. The lowest BCUT2D eigenvalue weighted by Gasteiger charge is -2.33. The number of nitrogens with one attached hydrogen (secondary N) is 1. The zero-order valence-electron chi connectivity index (χ0n) is 16.8. The van der Waals surface area contributed by atoms with Gasteiger partial charge in [0.2, 0.25) is 0 Å². The fraction of sp³-hybridized carbons (Fsp3) is 0.250. The van der Waals surface area contributed by atoms with E-state index in [0.717, 1.165) is 5.69 Å². The largest absolute Gasteiger partial charge is 0.484 e. The van der Waals surface area contributed by atoms with Gasteiger partial charge in [-0.25, -0.2) is 9.48 Å². The molecule has 0 aliphatic heterocycles. The Balaban J connectivity index is 1.55. The summed E-state index contributed by atoms with van der Waals surface area (Å²) in [5, 5.41) is 23.1. The highest BCUT2D eigenvalue weighted by molar-refractivity contribution is 5.93. The standard InChI is InChI=1S/C20H22N6O4/c1-20(2,3)26(19(28)29)16-6-4-14(5-7-16)22-18(27)12-30-17-10-8-15(9-11-17)25-13-21-23-24-25/h4-11,13H,12H2,1-3H3,(H,22,27)(H,28,29). The van der Waals surface area contributed by atoms with Crippen LogP contribution in [-0.4, -0.2) is 49.5 Å². The number of rotatable bonds is 6. The number of carbonyl (C=O) groups excluding carboxylic acids is 1. The molecule has 2 N–H and O–H groups in total. The molecular weight excluding hydrogens is 388 g/mol. The smallest absolute Gasteiger partial charge is 0.412 e. The van der Waals surface area contributed by atoms with E-state index in [1.54, 1.807) is 48.5 Å². The normalized spacial score (nSPS) is 11.0. The van der Waals surface area contributed by atoms with Crippen molar-refractivity contribution in [3.05, 3.63) is 54.9 Å². The second kappa shape index (κ2) is 8.60. The summed E-state index contributed by atoms with van der Waals surface area (Å²) >= 11 is 0. The average Bonchev–Trinajstić information content (AvgIpc) is 3.22. The molecule has 0 saturated carbocycles. The second-order valence-electron chi connectivity index (χ2n) is 7.42. The third kappa shape index (κ3) is 5.10. The van der Waals surface area contributed by atoms with E-state index >= 15 is 0 Å². The number of aromatic nitrogens is 4. The molecule has 0 bridgehead atoms. The first kappa shape index (κ1) is 20.8. The summed E-state index contributed by atoms with van der Waals surface area (Å²) in [5.74, 6) is 0.192. The Morgan fingerprint density at radius 2 is 1.77 bits per heavy atom. The fourth-order valence-electron chi connectivity index (χ4n) is 2.80. The van der Waals surface area contributed by atoms with Crippen LogP contribution >= 0.6 is 0 Å². The van der Waals surface area contributed by atoms with Gasteiger partial charge in [-0.15, -0.1) is 5.10 Å². The molecule has 0 aliphatic carbocycles. The molecule has 0 radical (unpaired) electrons. The van der Waals surface area contributed by atoms with Gasteiger partial charge in [0.25, 0.3) is 5.91 Å². The van der Waals surface area contributed by atoms with Crippen molar-refractivity contribution in [1.29, 1.82) is 0 Å². The van der Waals surface area contributed by atoms with E-state index in [9.17, 15) is 14.7 Å². The molecule has 3 aromatic rings. The minimum absolute atomic E-state index is 0.171. The summed E-state index contributed by atoms with van der Waals surface area (Å²) in [7, 11) is 0. The summed E-state index contributed by atoms with van der Waals surface area (Å²) in [6.07, 6.45) is 0.435. The van der Waals surface area contributed by atoms with E-state index in [0.29, 0.717) is 17.1 Å². The lowest BCUT2D eigenvalue weighted by atomic mass is 10.1. The number of carboxylic acid groups (broad SMARTS) is 1. The number of anilines is 2. The molecule has 10 nitrogen and oxygen atoms in total. The van der Waals surface area contributed by atoms with Gasteiger partial charge in [0.1, 0.15) is 12.1 Å². The van der Waals surface area contributed by atoms with E-state index < -0.39 is 11.6 Å². The molecule has 2 amide bonds. The van der Waals surface area contributed by atoms with Crippen LogP contribution in [0.3, 0.4) is 0 Å². The fourth-order valence-corrected chi connectivity index (χ4v) is 2.80. The van der Waals surface area contributed by atoms with Crippen molar-refractivity contribution in [2.45, 2.75) is 26.3 Å². The molecule has 156 valence electrons. The molecule has 0 unspecified atom stereocenters. The SMILES string of the molecule is CC(C)(C)N(C(=O)O)c1ccc(NC(=O)COc2ccc(-n3cnnn3)cc2)cc1. The van der Waals surface area contributed by atoms with Gasteiger partial charge < -0.3 is 15.2 Å². The highest BCUT2D eigenvalue weighted by Gasteiger charge is 2.27. The molecule has 30 heavy (non-hydrogen) atoms. The lowest BCUT2D eigenvalue weighted by molar-refractivity contribution is -0.118.